The Morgan fingerprint density at radius 1 is 1.18 bits per heavy atom. The summed E-state index contributed by atoms with van der Waals surface area (Å²) in [4.78, 5) is 21.3. The number of thiazole rings is 1. The zero-order valence-electron chi connectivity index (χ0n) is 16.9. The molecule has 0 saturated heterocycles. The van der Waals surface area contributed by atoms with Crippen molar-refractivity contribution in [2.24, 2.45) is 4.99 Å². The number of aliphatic imine (C=N–C) groups is 1. The number of carbonyl (C=O) groups is 1. The van der Waals surface area contributed by atoms with Crippen molar-refractivity contribution in [2.75, 3.05) is 26.7 Å². The summed E-state index contributed by atoms with van der Waals surface area (Å²) in [6.45, 7) is 8.64. The molecule has 0 fully saturated rings. The first kappa shape index (κ1) is 21.7. The third kappa shape index (κ3) is 6.84. The van der Waals surface area contributed by atoms with Crippen LogP contribution in [0.15, 0.2) is 34.6 Å². The first-order valence-corrected chi connectivity index (χ1v) is 10.3. The van der Waals surface area contributed by atoms with Gasteiger partial charge in [0.05, 0.1) is 19.3 Å². The van der Waals surface area contributed by atoms with E-state index in [4.69, 9.17) is 4.74 Å². The lowest BCUT2D eigenvalue weighted by Crippen LogP contribution is -2.41. The fraction of sp³-hybridized carbons (Fsp3) is 0.450. The molecule has 1 aromatic heterocycles. The second-order valence-electron chi connectivity index (χ2n) is 6.43. The number of methoxy groups -OCH3 is 1. The number of ether oxygens (including phenoxy) is 1. The summed E-state index contributed by atoms with van der Waals surface area (Å²) < 4.78 is 5.10. The summed E-state index contributed by atoms with van der Waals surface area (Å²) in [5, 5.41) is 12.4. The Balaban J connectivity index is 1.79. The van der Waals surface area contributed by atoms with Crippen LogP contribution < -0.4 is 20.7 Å². The van der Waals surface area contributed by atoms with Gasteiger partial charge in [0.1, 0.15) is 10.8 Å². The molecule has 0 spiro atoms. The van der Waals surface area contributed by atoms with Crippen molar-refractivity contribution < 1.29 is 9.53 Å². The fourth-order valence-corrected chi connectivity index (χ4v) is 3.23. The molecule has 1 heterocycles. The lowest BCUT2D eigenvalue weighted by atomic mass is 10.2. The zero-order valence-corrected chi connectivity index (χ0v) is 17.7. The van der Waals surface area contributed by atoms with Gasteiger partial charge in [-0.3, -0.25) is 4.79 Å². The molecule has 28 heavy (non-hydrogen) atoms. The molecular formula is C20H29N5O2S. The molecule has 0 saturated carbocycles. The number of aromatic nitrogens is 1. The van der Waals surface area contributed by atoms with Gasteiger partial charge in [-0.05, 0) is 37.1 Å². The third-order valence-electron chi connectivity index (χ3n) is 3.93. The van der Waals surface area contributed by atoms with E-state index in [-0.39, 0.29) is 5.91 Å². The van der Waals surface area contributed by atoms with Crippen LogP contribution in [-0.4, -0.2) is 43.6 Å². The summed E-state index contributed by atoms with van der Waals surface area (Å²) in [6, 6.07) is 7.03. The fourth-order valence-electron chi connectivity index (χ4n) is 2.35. The maximum Gasteiger partial charge on any atom is 0.251 e. The van der Waals surface area contributed by atoms with Crippen LogP contribution in [0.2, 0.25) is 0 Å². The van der Waals surface area contributed by atoms with Gasteiger partial charge in [-0.25, -0.2) is 9.98 Å². The van der Waals surface area contributed by atoms with Gasteiger partial charge in [0.15, 0.2) is 5.96 Å². The molecule has 0 bridgehead atoms. The van der Waals surface area contributed by atoms with Crippen molar-refractivity contribution in [2.45, 2.75) is 33.2 Å². The Bertz CT molecular complexity index is 771. The average Bonchev–Trinajstić information content (AvgIpc) is 3.18. The molecule has 0 radical (unpaired) electrons. The molecule has 2 aromatic rings. The molecular weight excluding hydrogens is 374 g/mol. The predicted octanol–water partition coefficient (Wildman–Crippen LogP) is 2.76. The summed E-state index contributed by atoms with van der Waals surface area (Å²) in [6.07, 6.45) is 0. The standard InChI is InChI=1S/C20H29N5O2S/c1-5-21-20(24-12-18-25-17(13-28-18)14(2)3)23-11-10-22-19(26)15-6-8-16(27-4)9-7-15/h6-9,13-14H,5,10-12H2,1-4H3,(H,22,26)(H2,21,23,24). The zero-order chi connectivity index (χ0) is 20.4. The largest absolute Gasteiger partial charge is 0.497 e. The van der Waals surface area contributed by atoms with Crippen molar-refractivity contribution in [3.8, 4) is 5.75 Å². The molecule has 0 atom stereocenters. The van der Waals surface area contributed by atoms with Gasteiger partial charge in [-0.2, -0.15) is 0 Å². The van der Waals surface area contributed by atoms with Crippen LogP contribution in [0.1, 0.15) is 47.7 Å². The second kappa shape index (κ2) is 11.3. The lowest BCUT2D eigenvalue weighted by Gasteiger charge is -2.11. The van der Waals surface area contributed by atoms with Gasteiger partial charge >= 0.3 is 0 Å². The van der Waals surface area contributed by atoms with Crippen LogP contribution in [0, 0.1) is 0 Å². The van der Waals surface area contributed by atoms with E-state index in [1.54, 1.807) is 42.7 Å². The van der Waals surface area contributed by atoms with Crippen molar-refractivity contribution in [1.82, 2.24) is 20.9 Å². The van der Waals surface area contributed by atoms with Gasteiger partial charge < -0.3 is 20.7 Å². The number of amides is 1. The normalized spacial score (nSPS) is 11.4. The first-order chi connectivity index (χ1) is 13.5. The lowest BCUT2D eigenvalue weighted by molar-refractivity contribution is 0.0954. The molecule has 1 aromatic carbocycles. The van der Waals surface area contributed by atoms with Gasteiger partial charge in [0.2, 0.25) is 0 Å². The van der Waals surface area contributed by atoms with Crippen LogP contribution in [0.25, 0.3) is 0 Å². The predicted molar refractivity (Wildman–Crippen MR) is 114 cm³/mol. The minimum Gasteiger partial charge on any atom is -0.497 e. The molecule has 3 N–H and O–H groups in total. The van der Waals surface area contributed by atoms with Gasteiger partial charge in [-0.1, -0.05) is 13.8 Å². The van der Waals surface area contributed by atoms with Crippen molar-refractivity contribution in [1.29, 1.82) is 0 Å². The van der Waals surface area contributed by atoms with E-state index in [1.165, 1.54) is 0 Å². The summed E-state index contributed by atoms with van der Waals surface area (Å²) in [5.41, 5.74) is 1.71. The number of benzene rings is 1. The molecule has 0 aliphatic rings. The molecule has 0 aliphatic heterocycles. The van der Waals surface area contributed by atoms with E-state index in [0.29, 0.717) is 37.1 Å². The van der Waals surface area contributed by atoms with Crippen LogP contribution in [-0.2, 0) is 6.54 Å². The Kier molecular flexibility index (Phi) is 8.74. The molecule has 0 unspecified atom stereocenters. The Hall–Kier alpha value is -2.61. The maximum atomic E-state index is 12.2. The Labute approximate surface area is 170 Å². The quantitative estimate of drug-likeness (QED) is 0.340. The minimum absolute atomic E-state index is 0.115. The number of hydrogen-bond acceptors (Lipinski definition) is 5. The Morgan fingerprint density at radius 3 is 2.50 bits per heavy atom. The van der Waals surface area contributed by atoms with Crippen LogP contribution in [0.5, 0.6) is 5.75 Å². The number of nitrogens with one attached hydrogen (secondary N) is 3. The molecule has 8 heteroatoms. The minimum atomic E-state index is -0.115. The highest BCUT2D eigenvalue weighted by Crippen LogP contribution is 2.18. The smallest absolute Gasteiger partial charge is 0.251 e. The summed E-state index contributed by atoms with van der Waals surface area (Å²) >= 11 is 1.63. The number of hydrogen-bond donors (Lipinski definition) is 3. The highest BCUT2D eigenvalue weighted by Gasteiger charge is 2.07. The SMILES string of the molecule is CCNC(=NCc1nc(C(C)C)cs1)NCCNC(=O)c1ccc(OC)cc1. The van der Waals surface area contributed by atoms with Gasteiger partial charge in [0.25, 0.3) is 5.91 Å². The van der Waals surface area contributed by atoms with E-state index < -0.39 is 0 Å². The highest BCUT2D eigenvalue weighted by atomic mass is 32.1. The van der Waals surface area contributed by atoms with Gasteiger partial charge in [-0.15, -0.1) is 11.3 Å². The molecule has 152 valence electrons. The molecule has 2 rings (SSSR count). The summed E-state index contributed by atoms with van der Waals surface area (Å²) in [7, 11) is 1.60. The maximum absolute atomic E-state index is 12.2. The highest BCUT2D eigenvalue weighted by molar-refractivity contribution is 7.09. The monoisotopic (exact) mass is 403 g/mol. The topological polar surface area (TPSA) is 87.6 Å². The van der Waals surface area contributed by atoms with Crippen molar-refractivity contribution in [3.63, 3.8) is 0 Å². The number of guanidine groups is 1. The number of carbonyl (C=O) groups excluding carboxylic acids is 1. The number of rotatable bonds is 9. The van der Waals surface area contributed by atoms with E-state index in [9.17, 15) is 4.79 Å². The van der Waals surface area contributed by atoms with E-state index >= 15 is 0 Å². The van der Waals surface area contributed by atoms with Gasteiger partial charge in [0, 0.05) is 30.6 Å². The van der Waals surface area contributed by atoms with Crippen LogP contribution >= 0.6 is 11.3 Å². The van der Waals surface area contributed by atoms with E-state index in [0.717, 1.165) is 23.0 Å². The first-order valence-electron chi connectivity index (χ1n) is 9.42. The average molecular weight is 404 g/mol. The van der Waals surface area contributed by atoms with E-state index in [1.807, 2.05) is 6.92 Å². The second-order valence-corrected chi connectivity index (χ2v) is 7.37. The van der Waals surface area contributed by atoms with Crippen molar-refractivity contribution >= 4 is 23.2 Å². The number of nitrogens with zero attached hydrogens (tertiary/aromatic N) is 2. The Morgan fingerprint density at radius 2 is 1.89 bits per heavy atom. The molecule has 7 nitrogen and oxygen atoms in total. The molecule has 0 aliphatic carbocycles. The third-order valence-corrected chi connectivity index (χ3v) is 4.78. The van der Waals surface area contributed by atoms with Crippen molar-refractivity contribution in [3.05, 3.63) is 45.9 Å². The van der Waals surface area contributed by atoms with E-state index in [2.05, 4.69) is 45.2 Å². The molecule has 1 amide bonds. The van der Waals surface area contributed by atoms with Crippen LogP contribution in [0.4, 0.5) is 0 Å². The summed E-state index contributed by atoms with van der Waals surface area (Å²) in [5.74, 6) is 1.75. The van der Waals surface area contributed by atoms with Crippen LogP contribution in [0.3, 0.4) is 0 Å².